The number of hydrogen-bond acceptors (Lipinski definition) is 8. The van der Waals surface area contributed by atoms with Crippen molar-refractivity contribution < 1.29 is 27.8 Å². The van der Waals surface area contributed by atoms with Crippen LogP contribution in [0.2, 0.25) is 5.02 Å². The Morgan fingerprint density at radius 3 is 2.63 bits per heavy atom. The van der Waals surface area contributed by atoms with Gasteiger partial charge in [-0.2, -0.15) is 0 Å². The average Bonchev–Trinajstić information content (AvgIpc) is 3.66. The van der Waals surface area contributed by atoms with E-state index < -0.39 is 26.8 Å². The third kappa shape index (κ3) is 7.50. The lowest BCUT2D eigenvalue weighted by Gasteiger charge is -2.51. The van der Waals surface area contributed by atoms with Crippen LogP contribution in [0, 0.1) is 17.8 Å². The molecule has 7 rings (SSSR count). The lowest BCUT2D eigenvalue weighted by atomic mass is 9.62. The number of nitrogens with zero attached hydrogens (tertiary/aromatic N) is 2. The predicted octanol–water partition coefficient (Wildman–Crippen LogP) is 5.60. The van der Waals surface area contributed by atoms with Crippen LogP contribution in [0.25, 0.3) is 0 Å². The molecule has 2 saturated heterocycles. The van der Waals surface area contributed by atoms with Gasteiger partial charge in [0, 0.05) is 49.2 Å². The number of benzene rings is 2. The van der Waals surface area contributed by atoms with Gasteiger partial charge in [0.1, 0.15) is 5.75 Å². The van der Waals surface area contributed by atoms with E-state index in [-0.39, 0.29) is 23.9 Å². The second kappa shape index (κ2) is 14.3. The van der Waals surface area contributed by atoms with Crippen molar-refractivity contribution in [1.82, 2.24) is 9.62 Å². The topological polar surface area (TPSA) is 108 Å². The zero-order valence-electron chi connectivity index (χ0n) is 28.9. The second-order valence-electron chi connectivity index (χ2n) is 15.5. The number of fused-ring (bicyclic) bond motifs is 5. The van der Waals surface area contributed by atoms with Crippen LogP contribution >= 0.6 is 11.6 Å². The molecular weight excluding hydrogens is 662 g/mol. The number of β-amino-alcohol motifs (C(OH)–C–C–N with tert-alkyl or cyclic N) is 1. The summed E-state index contributed by atoms with van der Waals surface area (Å²) in [5, 5.41) is 12.7. The standard InChI is InChI=1S/C38H52ClN3O6S/c1-25-6-5-15-38(44,24-42-22-33-20-32(42)23-48-33)34-12-9-30(34)21-41-16-4-3-7-28-18-31(39)11-8-27(28)14-17-47-36-13-10-29(19-35(36)41)37(43)40-49(45,46)26(25)2/h8,10-11,13,18-19,25-26,30,32-34,44H,3-7,9,12,14-17,20-24H2,1-2H3,(H,40,43)/t25-,26+,30-,32+,33+,34+,38+/m0/s1. The summed E-state index contributed by atoms with van der Waals surface area (Å²) < 4.78 is 41.7. The molecule has 4 heterocycles. The first-order valence-electron chi connectivity index (χ1n) is 18.4. The van der Waals surface area contributed by atoms with Crippen LogP contribution in [0.15, 0.2) is 36.4 Å². The molecule has 0 unspecified atom stereocenters. The smallest absolute Gasteiger partial charge is 0.264 e. The molecule has 49 heavy (non-hydrogen) atoms. The Balaban J connectivity index is 1.23. The molecule has 7 atom stereocenters. The maximum absolute atomic E-state index is 13.5. The van der Waals surface area contributed by atoms with E-state index >= 15 is 0 Å². The zero-order chi connectivity index (χ0) is 34.3. The van der Waals surface area contributed by atoms with Gasteiger partial charge in [0.05, 0.1) is 35.9 Å². The third-order valence-electron chi connectivity index (χ3n) is 12.3. The van der Waals surface area contributed by atoms with Crippen LogP contribution in [0.4, 0.5) is 5.69 Å². The van der Waals surface area contributed by atoms with E-state index in [9.17, 15) is 18.3 Å². The SMILES string of the molecule is C[C@@H]1[C@@H](C)CCC[C@@](O)(CN2C[C@H]3C[C@@H]2CO3)[C@@H]2CC[C@H]2CN2CCCCc3cc(Cl)ccc3CCOc3ccc(cc32)C(=O)NS1(=O)=O. The van der Waals surface area contributed by atoms with E-state index in [4.69, 9.17) is 21.1 Å². The number of sulfonamides is 1. The Morgan fingerprint density at radius 2 is 1.88 bits per heavy atom. The molecule has 1 saturated carbocycles. The number of aliphatic hydroxyl groups is 1. The lowest BCUT2D eigenvalue weighted by molar-refractivity contribution is -0.115. The van der Waals surface area contributed by atoms with Gasteiger partial charge in [-0.15, -0.1) is 0 Å². The molecule has 5 aliphatic rings. The van der Waals surface area contributed by atoms with Crippen molar-refractivity contribution in [1.29, 1.82) is 0 Å². The summed E-state index contributed by atoms with van der Waals surface area (Å²) in [5.41, 5.74) is 2.70. The molecule has 2 N–H and O–H groups in total. The number of carbonyl (C=O) groups excluding carboxylic acids is 1. The van der Waals surface area contributed by atoms with Crippen LogP contribution in [0.3, 0.4) is 0 Å². The van der Waals surface area contributed by atoms with Crippen LogP contribution in [0.1, 0.15) is 86.7 Å². The first-order chi connectivity index (χ1) is 23.5. The predicted molar refractivity (Wildman–Crippen MR) is 192 cm³/mol. The number of rotatable bonds is 2. The van der Waals surface area contributed by atoms with E-state index in [1.165, 1.54) is 11.1 Å². The summed E-state index contributed by atoms with van der Waals surface area (Å²) in [6.07, 6.45) is 8.84. The van der Waals surface area contributed by atoms with Gasteiger partial charge in [-0.3, -0.25) is 9.69 Å². The third-order valence-corrected chi connectivity index (χ3v) is 14.5. The molecule has 0 aromatic heterocycles. The highest BCUT2D eigenvalue weighted by Gasteiger charge is 2.50. The number of amides is 1. The number of likely N-dealkylation sites (tertiary alicyclic amines) is 1. The van der Waals surface area contributed by atoms with Crippen molar-refractivity contribution in [2.45, 2.75) is 101 Å². The molecule has 268 valence electrons. The Hall–Kier alpha value is -2.37. The summed E-state index contributed by atoms with van der Waals surface area (Å²) in [7, 11) is -3.93. The van der Waals surface area contributed by atoms with Crippen molar-refractivity contribution in [2.24, 2.45) is 17.8 Å². The Kier molecular flexibility index (Phi) is 10.3. The summed E-state index contributed by atoms with van der Waals surface area (Å²) in [6, 6.07) is 11.7. The highest BCUT2D eigenvalue weighted by molar-refractivity contribution is 7.90. The lowest BCUT2D eigenvalue weighted by Crippen LogP contribution is -2.57. The second-order valence-corrected chi connectivity index (χ2v) is 17.9. The number of morpholine rings is 1. The molecule has 1 aliphatic carbocycles. The fourth-order valence-electron chi connectivity index (χ4n) is 9.03. The summed E-state index contributed by atoms with van der Waals surface area (Å²) >= 11 is 6.39. The van der Waals surface area contributed by atoms with Crippen LogP contribution in [-0.2, 0) is 27.6 Å². The number of ether oxygens (including phenoxy) is 2. The summed E-state index contributed by atoms with van der Waals surface area (Å²) in [4.78, 5) is 18.3. The van der Waals surface area contributed by atoms with Gasteiger partial charge in [0.15, 0.2) is 0 Å². The van der Waals surface area contributed by atoms with Gasteiger partial charge in [-0.05, 0) is 118 Å². The Bertz CT molecular complexity index is 1640. The summed E-state index contributed by atoms with van der Waals surface area (Å²) in [5.74, 6) is 0.285. The Morgan fingerprint density at radius 1 is 1.02 bits per heavy atom. The summed E-state index contributed by atoms with van der Waals surface area (Å²) in [6.45, 7) is 7.78. The van der Waals surface area contributed by atoms with Crippen molar-refractivity contribution in [3.63, 3.8) is 0 Å². The minimum Gasteiger partial charge on any atom is -0.491 e. The van der Waals surface area contributed by atoms with Gasteiger partial charge >= 0.3 is 0 Å². The van der Waals surface area contributed by atoms with Gasteiger partial charge in [0.2, 0.25) is 10.0 Å². The van der Waals surface area contributed by atoms with E-state index in [1.807, 2.05) is 19.1 Å². The number of halogens is 1. The molecule has 2 aromatic carbocycles. The molecule has 3 fully saturated rings. The van der Waals surface area contributed by atoms with Crippen LogP contribution in [0.5, 0.6) is 5.75 Å². The number of nitrogens with one attached hydrogen (secondary N) is 1. The van der Waals surface area contributed by atoms with Crippen molar-refractivity contribution in [3.8, 4) is 5.75 Å². The van der Waals surface area contributed by atoms with Gasteiger partial charge in [-0.25, -0.2) is 13.1 Å². The van der Waals surface area contributed by atoms with Crippen LogP contribution < -0.4 is 14.4 Å². The van der Waals surface area contributed by atoms with E-state index in [0.29, 0.717) is 43.3 Å². The highest BCUT2D eigenvalue weighted by Crippen LogP contribution is 2.47. The molecular formula is C38H52ClN3O6S. The van der Waals surface area contributed by atoms with Gasteiger partial charge in [0.25, 0.3) is 5.91 Å². The minimum absolute atomic E-state index is 0.128. The molecule has 11 heteroatoms. The monoisotopic (exact) mass is 713 g/mol. The highest BCUT2D eigenvalue weighted by atomic mass is 35.5. The Labute approximate surface area is 296 Å². The molecule has 1 amide bonds. The molecule has 0 spiro atoms. The number of anilines is 1. The number of hydrogen-bond donors (Lipinski definition) is 2. The zero-order valence-corrected chi connectivity index (χ0v) is 30.5. The van der Waals surface area contributed by atoms with Gasteiger partial charge < -0.3 is 19.5 Å². The minimum atomic E-state index is -3.93. The quantitative estimate of drug-likeness (QED) is 0.414. The largest absolute Gasteiger partial charge is 0.491 e. The molecule has 0 radical (unpaired) electrons. The molecule has 2 aromatic rings. The average molecular weight is 714 g/mol. The van der Waals surface area contributed by atoms with Crippen molar-refractivity contribution in [3.05, 3.63) is 58.1 Å². The van der Waals surface area contributed by atoms with Crippen LogP contribution in [-0.4, -0.2) is 86.7 Å². The van der Waals surface area contributed by atoms with E-state index in [0.717, 1.165) is 88.3 Å². The normalized spacial score (nSPS) is 34.0. The molecule has 4 aliphatic heterocycles. The first-order valence-corrected chi connectivity index (χ1v) is 20.3. The van der Waals surface area contributed by atoms with E-state index in [1.54, 1.807) is 19.1 Å². The first kappa shape index (κ1) is 35.1. The van der Waals surface area contributed by atoms with Crippen molar-refractivity contribution in [2.75, 3.05) is 44.3 Å². The molecule has 9 nitrogen and oxygen atoms in total. The fourth-order valence-corrected chi connectivity index (χ4v) is 10.5. The maximum Gasteiger partial charge on any atom is 0.264 e. The van der Waals surface area contributed by atoms with Crippen molar-refractivity contribution >= 4 is 33.2 Å². The number of aryl methyl sites for hydroxylation is 1. The fraction of sp³-hybridized carbons (Fsp3) is 0.658. The number of carbonyl (C=O) groups is 1. The maximum atomic E-state index is 13.5. The van der Waals surface area contributed by atoms with Gasteiger partial charge in [-0.1, -0.05) is 31.0 Å². The molecule has 4 bridgehead atoms. The van der Waals surface area contributed by atoms with E-state index in [2.05, 4.69) is 26.7 Å².